The van der Waals surface area contributed by atoms with Crippen LogP contribution in [0.5, 0.6) is 0 Å². The summed E-state index contributed by atoms with van der Waals surface area (Å²) in [5.74, 6) is 0.145. The molecule has 1 aliphatic heterocycles. The molecule has 0 aliphatic carbocycles. The van der Waals surface area contributed by atoms with E-state index in [0.717, 1.165) is 6.42 Å². The Labute approximate surface area is 123 Å². The summed E-state index contributed by atoms with van der Waals surface area (Å²) in [4.78, 5) is 24.8. The molecule has 1 aliphatic rings. The van der Waals surface area contributed by atoms with Crippen LogP contribution in [0.15, 0.2) is 12.3 Å². The highest BCUT2D eigenvalue weighted by Gasteiger charge is 2.31. The van der Waals surface area contributed by atoms with Gasteiger partial charge in [0.05, 0.1) is 11.1 Å². The molecule has 7 nitrogen and oxygen atoms in total. The Morgan fingerprint density at radius 3 is 2.62 bits per heavy atom. The van der Waals surface area contributed by atoms with Gasteiger partial charge in [-0.1, -0.05) is 0 Å². The van der Waals surface area contributed by atoms with Gasteiger partial charge in [-0.15, -0.1) is 0 Å². The number of carbonyl (C=O) groups excluding carboxylic acids is 1. The molecule has 7 heteroatoms. The van der Waals surface area contributed by atoms with Crippen LogP contribution >= 0.6 is 0 Å². The number of hydrogen-bond donors (Lipinski definition) is 1. The number of rotatable bonds is 4. The zero-order valence-electron chi connectivity index (χ0n) is 12.7. The Hall–Kier alpha value is -1.89. The van der Waals surface area contributed by atoms with E-state index in [4.69, 9.17) is 5.73 Å². The topological polar surface area (TPSA) is 94.4 Å². The van der Waals surface area contributed by atoms with Crippen LogP contribution in [0.4, 0.5) is 5.69 Å². The van der Waals surface area contributed by atoms with Gasteiger partial charge in [0.15, 0.2) is 0 Å². The standard InChI is InChI=1S/C14H22N4O3/c1-9(2)17-8-12(18(20)21)6-13(17)14(19)16-5-4-11(7-16)10(3)15/h6,8-11H,4-5,7,15H2,1-3H3. The molecule has 1 aromatic heterocycles. The number of aromatic nitrogens is 1. The highest BCUT2D eigenvalue weighted by atomic mass is 16.6. The predicted molar refractivity (Wildman–Crippen MR) is 79.1 cm³/mol. The van der Waals surface area contributed by atoms with Gasteiger partial charge in [0.25, 0.3) is 11.6 Å². The summed E-state index contributed by atoms with van der Waals surface area (Å²) in [6, 6.07) is 1.40. The van der Waals surface area contributed by atoms with Crippen LogP contribution in [0.3, 0.4) is 0 Å². The summed E-state index contributed by atoms with van der Waals surface area (Å²) >= 11 is 0. The first-order chi connectivity index (χ1) is 9.81. The third kappa shape index (κ3) is 3.07. The van der Waals surface area contributed by atoms with E-state index in [2.05, 4.69) is 0 Å². The molecule has 1 amide bonds. The molecule has 1 fully saturated rings. The highest BCUT2D eigenvalue weighted by Crippen LogP contribution is 2.25. The molecule has 1 aromatic rings. The predicted octanol–water partition coefficient (Wildman–Crippen LogP) is 1.79. The minimum atomic E-state index is -0.468. The zero-order valence-corrected chi connectivity index (χ0v) is 12.7. The van der Waals surface area contributed by atoms with Crippen molar-refractivity contribution in [3.63, 3.8) is 0 Å². The van der Waals surface area contributed by atoms with E-state index in [1.807, 2.05) is 20.8 Å². The van der Waals surface area contributed by atoms with Crippen LogP contribution in [-0.4, -0.2) is 39.4 Å². The Morgan fingerprint density at radius 2 is 2.14 bits per heavy atom. The summed E-state index contributed by atoms with van der Waals surface area (Å²) in [6.45, 7) is 7.01. The quantitative estimate of drug-likeness (QED) is 0.676. The monoisotopic (exact) mass is 294 g/mol. The Kier molecular flexibility index (Phi) is 4.32. The molecule has 2 heterocycles. The van der Waals surface area contributed by atoms with Crippen LogP contribution in [0, 0.1) is 16.0 Å². The molecule has 2 rings (SSSR count). The van der Waals surface area contributed by atoms with Gasteiger partial charge < -0.3 is 15.2 Å². The molecule has 0 radical (unpaired) electrons. The van der Waals surface area contributed by atoms with Crippen molar-refractivity contribution in [2.45, 2.75) is 39.3 Å². The van der Waals surface area contributed by atoms with Crippen LogP contribution < -0.4 is 5.73 Å². The van der Waals surface area contributed by atoms with E-state index in [-0.39, 0.29) is 23.7 Å². The average Bonchev–Trinajstić information content (AvgIpc) is 3.05. The second kappa shape index (κ2) is 5.85. The lowest BCUT2D eigenvalue weighted by molar-refractivity contribution is -0.384. The highest BCUT2D eigenvalue weighted by molar-refractivity contribution is 5.93. The number of nitrogens with two attached hydrogens (primary N) is 1. The number of amides is 1. The van der Waals surface area contributed by atoms with Crippen molar-refractivity contribution in [1.29, 1.82) is 0 Å². The Balaban J connectivity index is 2.25. The largest absolute Gasteiger partial charge is 0.337 e. The lowest BCUT2D eigenvalue weighted by atomic mass is 10.0. The van der Waals surface area contributed by atoms with Crippen LogP contribution in [0.25, 0.3) is 0 Å². The Bertz CT molecular complexity index is 550. The molecule has 2 N–H and O–H groups in total. The van der Waals surface area contributed by atoms with Gasteiger partial charge >= 0.3 is 0 Å². The van der Waals surface area contributed by atoms with E-state index in [1.54, 1.807) is 9.47 Å². The van der Waals surface area contributed by atoms with E-state index in [1.165, 1.54) is 12.3 Å². The van der Waals surface area contributed by atoms with Gasteiger partial charge in [-0.3, -0.25) is 14.9 Å². The van der Waals surface area contributed by atoms with Gasteiger partial charge in [0.2, 0.25) is 0 Å². The molecular formula is C14H22N4O3. The first kappa shape index (κ1) is 15.5. The third-order valence-electron chi connectivity index (χ3n) is 4.08. The maximum atomic E-state index is 12.6. The number of nitro groups is 1. The van der Waals surface area contributed by atoms with Gasteiger partial charge in [-0.25, -0.2) is 0 Å². The first-order valence-corrected chi connectivity index (χ1v) is 7.22. The fourth-order valence-corrected chi connectivity index (χ4v) is 2.73. The maximum absolute atomic E-state index is 12.6. The normalized spacial score (nSPS) is 20.0. The molecular weight excluding hydrogens is 272 g/mol. The van der Waals surface area contributed by atoms with E-state index < -0.39 is 4.92 Å². The van der Waals surface area contributed by atoms with Crippen molar-refractivity contribution in [1.82, 2.24) is 9.47 Å². The van der Waals surface area contributed by atoms with Gasteiger partial charge in [0, 0.05) is 31.2 Å². The molecule has 2 unspecified atom stereocenters. The van der Waals surface area contributed by atoms with Crippen molar-refractivity contribution in [2.75, 3.05) is 13.1 Å². The minimum absolute atomic E-state index is 0.00974. The summed E-state index contributed by atoms with van der Waals surface area (Å²) < 4.78 is 1.67. The smallest absolute Gasteiger partial charge is 0.287 e. The second-order valence-electron chi connectivity index (χ2n) is 6.00. The lowest BCUT2D eigenvalue weighted by Gasteiger charge is -2.20. The van der Waals surface area contributed by atoms with Gasteiger partial charge in [0.1, 0.15) is 5.69 Å². The van der Waals surface area contributed by atoms with Crippen molar-refractivity contribution < 1.29 is 9.72 Å². The molecule has 116 valence electrons. The fraction of sp³-hybridized carbons (Fsp3) is 0.643. The van der Waals surface area contributed by atoms with E-state index in [9.17, 15) is 14.9 Å². The van der Waals surface area contributed by atoms with Crippen molar-refractivity contribution >= 4 is 11.6 Å². The summed E-state index contributed by atoms with van der Waals surface area (Å²) in [5, 5.41) is 10.9. The average molecular weight is 294 g/mol. The van der Waals surface area contributed by atoms with Crippen molar-refractivity contribution in [2.24, 2.45) is 11.7 Å². The zero-order chi connectivity index (χ0) is 15.7. The van der Waals surface area contributed by atoms with Crippen LogP contribution in [-0.2, 0) is 0 Å². The summed E-state index contributed by atoms with van der Waals surface area (Å²) in [6.07, 6.45) is 2.31. The molecule has 0 spiro atoms. The summed E-state index contributed by atoms with van der Waals surface area (Å²) in [5.41, 5.74) is 6.22. The third-order valence-corrected chi connectivity index (χ3v) is 4.08. The van der Waals surface area contributed by atoms with Crippen molar-refractivity contribution in [3.05, 3.63) is 28.1 Å². The van der Waals surface area contributed by atoms with E-state index >= 15 is 0 Å². The number of likely N-dealkylation sites (tertiary alicyclic amines) is 1. The van der Waals surface area contributed by atoms with Crippen LogP contribution in [0.1, 0.15) is 43.7 Å². The molecule has 0 saturated carbocycles. The molecule has 2 atom stereocenters. The van der Waals surface area contributed by atoms with Crippen LogP contribution in [0.2, 0.25) is 0 Å². The number of nitrogens with zero attached hydrogens (tertiary/aromatic N) is 3. The van der Waals surface area contributed by atoms with Crippen molar-refractivity contribution in [3.8, 4) is 0 Å². The number of hydrogen-bond acceptors (Lipinski definition) is 4. The van der Waals surface area contributed by atoms with E-state index in [0.29, 0.717) is 24.7 Å². The molecule has 0 aromatic carbocycles. The van der Waals surface area contributed by atoms with Gasteiger partial charge in [-0.05, 0) is 33.1 Å². The van der Waals surface area contributed by atoms with Gasteiger partial charge in [-0.2, -0.15) is 0 Å². The minimum Gasteiger partial charge on any atom is -0.337 e. The molecule has 0 bridgehead atoms. The first-order valence-electron chi connectivity index (χ1n) is 7.22. The Morgan fingerprint density at radius 1 is 1.48 bits per heavy atom. The molecule has 1 saturated heterocycles. The lowest BCUT2D eigenvalue weighted by Crippen LogP contribution is -2.34. The maximum Gasteiger partial charge on any atom is 0.287 e. The summed E-state index contributed by atoms with van der Waals surface area (Å²) in [7, 11) is 0. The number of carbonyl (C=O) groups is 1. The molecule has 21 heavy (non-hydrogen) atoms. The second-order valence-corrected chi connectivity index (χ2v) is 6.00. The fourth-order valence-electron chi connectivity index (χ4n) is 2.73. The SMILES string of the molecule is CC(N)C1CCN(C(=O)c2cc([N+](=O)[O-])cn2C(C)C)C1.